The first-order chi connectivity index (χ1) is 7.17. The van der Waals surface area contributed by atoms with Crippen molar-refractivity contribution >= 4 is 5.91 Å². The molecule has 15 heavy (non-hydrogen) atoms. The van der Waals surface area contributed by atoms with Gasteiger partial charge >= 0.3 is 0 Å². The van der Waals surface area contributed by atoms with E-state index in [-0.39, 0.29) is 19.0 Å². The van der Waals surface area contributed by atoms with Crippen molar-refractivity contribution in [3.05, 3.63) is 11.9 Å². The molecule has 2 N–H and O–H groups in total. The molecule has 0 atom stereocenters. The lowest BCUT2D eigenvalue weighted by Gasteiger charge is -2.12. The molecular weight excluding hydrogens is 194 g/mol. The first-order valence-electron chi connectivity index (χ1n) is 4.44. The molecular formula is C9H13N5O. The molecule has 0 saturated carbocycles. The van der Waals surface area contributed by atoms with Crippen molar-refractivity contribution in [1.82, 2.24) is 19.9 Å². The zero-order valence-electron chi connectivity index (χ0n) is 8.55. The summed E-state index contributed by atoms with van der Waals surface area (Å²) in [6.07, 6.45) is 6.73. The number of hydrogen-bond acceptors (Lipinski definition) is 4. The third-order valence-corrected chi connectivity index (χ3v) is 1.85. The molecule has 6 heteroatoms. The lowest BCUT2D eigenvalue weighted by atomic mass is 10.4. The second-order valence-corrected chi connectivity index (χ2v) is 3.07. The van der Waals surface area contributed by atoms with Gasteiger partial charge in [0, 0.05) is 13.6 Å². The summed E-state index contributed by atoms with van der Waals surface area (Å²) in [5.41, 5.74) is 6.02. The first kappa shape index (κ1) is 11.2. The van der Waals surface area contributed by atoms with Crippen LogP contribution in [0, 0.1) is 12.3 Å². The molecule has 0 aliphatic rings. The fourth-order valence-electron chi connectivity index (χ4n) is 0.994. The van der Waals surface area contributed by atoms with Crippen LogP contribution in [-0.4, -0.2) is 39.4 Å². The minimum Gasteiger partial charge on any atom is -0.333 e. The van der Waals surface area contributed by atoms with Gasteiger partial charge in [-0.25, -0.2) is 4.68 Å². The van der Waals surface area contributed by atoms with Crippen molar-refractivity contribution in [3.8, 4) is 12.3 Å². The van der Waals surface area contributed by atoms with Crippen LogP contribution >= 0.6 is 0 Å². The predicted molar refractivity (Wildman–Crippen MR) is 54.4 cm³/mol. The topological polar surface area (TPSA) is 77.0 Å². The summed E-state index contributed by atoms with van der Waals surface area (Å²) < 4.78 is 1.44. The van der Waals surface area contributed by atoms with Crippen LogP contribution in [0.15, 0.2) is 6.20 Å². The van der Waals surface area contributed by atoms with Crippen LogP contribution in [0.1, 0.15) is 5.69 Å². The third-order valence-electron chi connectivity index (χ3n) is 1.85. The summed E-state index contributed by atoms with van der Waals surface area (Å²) in [6, 6.07) is 0. The van der Waals surface area contributed by atoms with Gasteiger partial charge in [0.1, 0.15) is 6.54 Å². The van der Waals surface area contributed by atoms with E-state index in [9.17, 15) is 4.79 Å². The number of rotatable bonds is 4. The fourth-order valence-corrected chi connectivity index (χ4v) is 0.994. The van der Waals surface area contributed by atoms with Crippen LogP contribution < -0.4 is 5.73 Å². The Labute approximate surface area is 88.0 Å². The summed E-state index contributed by atoms with van der Waals surface area (Å²) in [6.45, 7) is 0.733. The Hall–Kier alpha value is -1.87. The van der Waals surface area contributed by atoms with E-state index in [0.717, 1.165) is 0 Å². The van der Waals surface area contributed by atoms with E-state index in [2.05, 4.69) is 16.2 Å². The maximum Gasteiger partial charge on any atom is 0.244 e. The van der Waals surface area contributed by atoms with Crippen LogP contribution in [0.3, 0.4) is 0 Å². The number of carbonyl (C=O) groups excluding carboxylic acids is 1. The maximum absolute atomic E-state index is 11.5. The molecule has 1 heterocycles. The Morgan fingerprint density at radius 1 is 1.80 bits per heavy atom. The monoisotopic (exact) mass is 207 g/mol. The van der Waals surface area contributed by atoms with Gasteiger partial charge in [-0.3, -0.25) is 4.79 Å². The average molecular weight is 207 g/mol. The standard InChI is InChI=1S/C9H13N5O/c1-3-4-13(2)9(15)7-14-6-8(5-10)11-12-14/h1,6H,4-5,7,10H2,2H3. The van der Waals surface area contributed by atoms with Gasteiger partial charge in [0.2, 0.25) is 5.91 Å². The van der Waals surface area contributed by atoms with Crippen molar-refractivity contribution in [3.63, 3.8) is 0 Å². The van der Waals surface area contributed by atoms with Gasteiger partial charge in [0.05, 0.1) is 18.4 Å². The Bertz CT molecular complexity index is 378. The third kappa shape index (κ3) is 3.07. The van der Waals surface area contributed by atoms with Crippen molar-refractivity contribution < 1.29 is 4.79 Å². The van der Waals surface area contributed by atoms with Crippen molar-refractivity contribution in [2.24, 2.45) is 5.73 Å². The van der Waals surface area contributed by atoms with Gasteiger partial charge < -0.3 is 10.6 Å². The number of amides is 1. The van der Waals surface area contributed by atoms with Gasteiger partial charge in [0.25, 0.3) is 0 Å². The number of hydrogen-bond donors (Lipinski definition) is 1. The van der Waals surface area contributed by atoms with Gasteiger partial charge in [-0.1, -0.05) is 11.1 Å². The summed E-state index contributed by atoms with van der Waals surface area (Å²) in [4.78, 5) is 13.0. The zero-order valence-corrected chi connectivity index (χ0v) is 8.55. The zero-order chi connectivity index (χ0) is 11.3. The summed E-state index contributed by atoms with van der Waals surface area (Å²) in [5, 5.41) is 7.53. The molecule has 1 aromatic rings. The summed E-state index contributed by atoms with van der Waals surface area (Å²) in [5.74, 6) is 2.28. The van der Waals surface area contributed by atoms with E-state index < -0.39 is 0 Å². The van der Waals surface area contributed by atoms with E-state index in [1.165, 1.54) is 9.58 Å². The fraction of sp³-hybridized carbons (Fsp3) is 0.444. The highest BCUT2D eigenvalue weighted by molar-refractivity contribution is 5.75. The quantitative estimate of drug-likeness (QED) is 0.631. The van der Waals surface area contributed by atoms with Crippen molar-refractivity contribution in [2.45, 2.75) is 13.1 Å². The molecule has 1 aromatic heterocycles. The van der Waals surface area contributed by atoms with Crippen LogP contribution in [0.4, 0.5) is 0 Å². The average Bonchev–Trinajstić information content (AvgIpc) is 2.66. The first-order valence-corrected chi connectivity index (χ1v) is 4.44. The Morgan fingerprint density at radius 2 is 2.53 bits per heavy atom. The maximum atomic E-state index is 11.5. The van der Waals surface area contributed by atoms with Gasteiger partial charge in [-0.15, -0.1) is 11.5 Å². The minimum atomic E-state index is -0.110. The number of likely N-dealkylation sites (N-methyl/N-ethyl adjacent to an activating group) is 1. The van der Waals surface area contributed by atoms with Crippen molar-refractivity contribution in [2.75, 3.05) is 13.6 Å². The molecule has 0 aromatic carbocycles. The highest BCUT2D eigenvalue weighted by Gasteiger charge is 2.09. The molecule has 0 radical (unpaired) electrons. The Balaban J connectivity index is 2.55. The summed E-state index contributed by atoms with van der Waals surface area (Å²) in [7, 11) is 1.64. The van der Waals surface area contributed by atoms with E-state index >= 15 is 0 Å². The minimum absolute atomic E-state index is 0.110. The van der Waals surface area contributed by atoms with Crippen LogP contribution in [-0.2, 0) is 17.9 Å². The highest BCUT2D eigenvalue weighted by Crippen LogP contribution is 1.93. The molecule has 6 nitrogen and oxygen atoms in total. The number of nitrogens with zero attached hydrogens (tertiary/aromatic N) is 4. The van der Waals surface area contributed by atoms with Crippen LogP contribution in [0.5, 0.6) is 0 Å². The molecule has 80 valence electrons. The SMILES string of the molecule is C#CCN(C)C(=O)Cn1cc(CN)nn1. The van der Waals surface area contributed by atoms with E-state index in [4.69, 9.17) is 12.2 Å². The van der Waals surface area contributed by atoms with Crippen molar-refractivity contribution in [1.29, 1.82) is 0 Å². The second-order valence-electron chi connectivity index (χ2n) is 3.07. The van der Waals surface area contributed by atoms with Gasteiger partial charge in [-0.2, -0.15) is 0 Å². The smallest absolute Gasteiger partial charge is 0.244 e. The largest absolute Gasteiger partial charge is 0.333 e. The lowest BCUT2D eigenvalue weighted by molar-refractivity contribution is -0.130. The molecule has 1 rings (SSSR count). The molecule has 0 saturated heterocycles. The lowest BCUT2D eigenvalue weighted by Crippen LogP contribution is -2.30. The normalized spacial score (nSPS) is 9.67. The Morgan fingerprint density at radius 3 is 3.07 bits per heavy atom. The van der Waals surface area contributed by atoms with Crippen LogP contribution in [0.25, 0.3) is 0 Å². The van der Waals surface area contributed by atoms with Crippen LogP contribution in [0.2, 0.25) is 0 Å². The molecule has 0 aliphatic carbocycles. The molecule has 0 bridgehead atoms. The van der Waals surface area contributed by atoms with E-state index in [1.54, 1.807) is 13.2 Å². The Kier molecular flexibility index (Phi) is 3.83. The number of aromatic nitrogens is 3. The molecule has 1 amide bonds. The molecule has 0 aliphatic heterocycles. The van der Waals surface area contributed by atoms with Gasteiger partial charge in [-0.05, 0) is 0 Å². The van der Waals surface area contributed by atoms with Gasteiger partial charge in [0.15, 0.2) is 0 Å². The predicted octanol–water partition coefficient (Wildman–Crippen LogP) is -1.17. The number of carbonyl (C=O) groups is 1. The summed E-state index contributed by atoms with van der Waals surface area (Å²) >= 11 is 0. The second kappa shape index (κ2) is 5.12. The number of nitrogens with two attached hydrogens (primary N) is 1. The number of terminal acetylenes is 1. The molecule has 0 unspecified atom stereocenters. The van der Waals surface area contributed by atoms with E-state index in [1.807, 2.05) is 0 Å². The molecule has 0 spiro atoms. The highest BCUT2D eigenvalue weighted by atomic mass is 16.2. The molecule has 0 fully saturated rings. The van der Waals surface area contributed by atoms with E-state index in [0.29, 0.717) is 12.2 Å².